The van der Waals surface area contributed by atoms with Crippen LogP contribution >= 0.6 is 11.3 Å². The molecule has 0 aliphatic heterocycles. The van der Waals surface area contributed by atoms with Crippen LogP contribution < -0.4 is 4.80 Å². The van der Waals surface area contributed by atoms with Crippen LogP contribution in [0.4, 0.5) is 0 Å². The minimum atomic E-state index is -1.17. The van der Waals surface area contributed by atoms with Crippen molar-refractivity contribution in [2.24, 2.45) is 4.99 Å². The molecule has 1 unspecified atom stereocenters. The van der Waals surface area contributed by atoms with Crippen LogP contribution in [-0.4, -0.2) is 29.8 Å². The topological polar surface area (TPSA) is 77.7 Å². The van der Waals surface area contributed by atoms with Crippen LogP contribution in [0.3, 0.4) is 0 Å². The Morgan fingerprint density at radius 3 is 2.37 bits per heavy atom. The number of carbonyl (C=O) groups excluding carboxylic acids is 3. The summed E-state index contributed by atoms with van der Waals surface area (Å²) in [6, 6.07) is 15.7. The zero-order valence-electron chi connectivity index (χ0n) is 14.4. The van der Waals surface area contributed by atoms with Gasteiger partial charge in [0.15, 0.2) is 17.1 Å². The van der Waals surface area contributed by atoms with Crippen LogP contribution in [0.25, 0.3) is 11.1 Å². The number of methoxy groups -OCH3 is 1. The van der Waals surface area contributed by atoms with Crippen molar-refractivity contribution in [1.82, 2.24) is 4.57 Å². The highest BCUT2D eigenvalue weighted by Crippen LogP contribution is 2.19. The number of aldehydes is 1. The molecule has 0 bridgehead atoms. The van der Waals surface area contributed by atoms with Gasteiger partial charge in [-0.05, 0) is 23.3 Å². The SMILES string of the molecule is COC(=O)C(C=O)n1ccsc1=NC(=O)c1ccc(-c2ccccc2)cc1. The minimum Gasteiger partial charge on any atom is -0.467 e. The Labute approximate surface area is 159 Å². The predicted octanol–water partition coefficient (Wildman–Crippen LogP) is 2.87. The van der Waals surface area contributed by atoms with Crippen molar-refractivity contribution in [3.63, 3.8) is 0 Å². The van der Waals surface area contributed by atoms with Crippen molar-refractivity contribution in [1.29, 1.82) is 0 Å². The Hall–Kier alpha value is -3.32. The number of amides is 1. The van der Waals surface area contributed by atoms with Crippen LogP contribution in [-0.2, 0) is 14.3 Å². The Morgan fingerprint density at radius 2 is 1.74 bits per heavy atom. The van der Waals surface area contributed by atoms with Gasteiger partial charge in [-0.2, -0.15) is 4.99 Å². The number of thiazole rings is 1. The first kappa shape index (κ1) is 18.5. The quantitative estimate of drug-likeness (QED) is 0.387. The number of benzene rings is 2. The second-order valence-electron chi connectivity index (χ2n) is 5.56. The van der Waals surface area contributed by atoms with E-state index >= 15 is 0 Å². The molecule has 7 heteroatoms. The molecule has 6 nitrogen and oxygen atoms in total. The second kappa shape index (κ2) is 8.37. The number of hydrogen-bond donors (Lipinski definition) is 0. The molecule has 0 fully saturated rings. The van der Waals surface area contributed by atoms with Crippen molar-refractivity contribution >= 4 is 29.5 Å². The van der Waals surface area contributed by atoms with Gasteiger partial charge in [0.2, 0.25) is 0 Å². The van der Waals surface area contributed by atoms with E-state index < -0.39 is 17.9 Å². The molecular formula is C20H16N2O4S. The van der Waals surface area contributed by atoms with Crippen molar-refractivity contribution in [3.8, 4) is 11.1 Å². The summed E-state index contributed by atoms with van der Waals surface area (Å²) in [6.45, 7) is 0. The summed E-state index contributed by atoms with van der Waals surface area (Å²) in [4.78, 5) is 39.7. The van der Waals surface area contributed by atoms with Gasteiger partial charge in [-0.3, -0.25) is 4.79 Å². The van der Waals surface area contributed by atoms with E-state index in [0.29, 0.717) is 11.8 Å². The third-order valence-corrected chi connectivity index (χ3v) is 4.69. The van der Waals surface area contributed by atoms with Crippen molar-refractivity contribution in [2.45, 2.75) is 6.04 Å². The molecule has 1 amide bonds. The zero-order chi connectivity index (χ0) is 19.2. The maximum Gasteiger partial charge on any atom is 0.336 e. The first-order valence-corrected chi connectivity index (χ1v) is 8.95. The number of aromatic nitrogens is 1. The largest absolute Gasteiger partial charge is 0.467 e. The highest BCUT2D eigenvalue weighted by Gasteiger charge is 2.21. The van der Waals surface area contributed by atoms with E-state index in [1.807, 2.05) is 42.5 Å². The third kappa shape index (κ3) is 4.09. The Bertz CT molecular complexity index is 1020. The van der Waals surface area contributed by atoms with Crippen LogP contribution in [0.5, 0.6) is 0 Å². The summed E-state index contributed by atoms with van der Waals surface area (Å²) >= 11 is 1.15. The van der Waals surface area contributed by atoms with Crippen molar-refractivity contribution < 1.29 is 19.1 Å². The van der Waals surface area contributed by atoms with Gasteiger partial charge in [-0.25, -0.2) is 4.79 Å². The molecule has 3 rings (SSSR count). The van der Waals surface area contributed by atoms with Crippen LogP contribution in [0.2, 0.25) is 0 Å². The van der Waals surface area contributed by atoms with E-state index in [1.165, 1.54) is 17.9 Å². The lowest BCUT2D eigenvalue weighted by Gasteiger charge is -2.09. The zero-order valence-corrected chi connectivity index (χ0v) is 15.3. The lowest BCUT2D eigenvalue weighted by Crippen LogP contribution is -2.29. The van der Waals surface area contributed by atoms with E-state index in [1.54, 1.807) is 17.5 Å². The number of hydrogen-bond acceptors (Lipinski definition) is 5. The van der Waals surface area contributed by atoms with Gasteiger partial charge < -0.3 is 14.1 Å². The molecule has 0 N–H and O–H groups in total. The van der Waals surface area contributed by atoms with Crippen molar-refractivity contribution in [3.05, 3.63) is 76.5 Å². The third-order valence-electron chi connectivity index (χ3n) is 3.92. The fourth-order valence-electron chi connectivity index (χ4n) is 2.52. The van der Waals surface area contributed by atoms with Crippen LogP contribution in [0.1, 0.15) is 16.4 Å². The molecule has 1 atom stereocenters. The molecule has 1 heterocycles. The first-order valence-electron chi connectivity index (χ1n) is 8.07. The van der Waals surface area contributed by atoms with Gasteiger partial charge in [0.1, 0.15) is 0 Å². The predicted molar refractivity (Wildman–Crippen MR) is 101 cm³/mol. The molecular weight excluding hydrogens is 364 g/mol. The normalized spacial score (nSPS) is 12.4. The summed E-state index contributed by atoms with van der Waals surface area (Å²) in [5.74, 6) is -1.18. The average molecular weight is 380 g/mol. The smallest absolute Gasteiger partial charge is 0.336 e. The van der Waals surface area contributed by atoms with Gasteiger partial charge >= 0.3 is 5.97 Å². The summed E-state index contributed by atoms with van der Waals surface area (Å²) in [7, 11) is 1.20. The molecule has 2 aromatic carbocycles. The van der Waals surface area contributed by atoms with Crippen LogP contribution in [0.15, 0.2) is 71.2 Å². The fourth-order valence-corrected chi connectivity index (χ4v) is 3.27. The Balaban J connectivity index is 1.89. The van der Waals surface area contributed by atoms with Crippen molar-refractivity contribution in [2.75, 3.05) is 7.11 Å². The number of ether oxygens (including phenoxy) is 1. The molecule has 0 aliphatic rings. The fraction of sp³-hybridized carbons (Fsp3) is 0.100. The number of rotatable bonds is 5. The van der Waals surface area contributed by atoms with Crippen LogP contribution in [0, 0.1) is 0 Å². The summed E-state index contributed by atoms with van der Waals surface area (Å²) in [5.41, 5.74) is 2.46. The molecule has 0 spiro atoms. The van der Waals surface area contributed by atoms with Gasteiger partial charge in [0, 0.05) is 17.1 Å². The maximum atomic E-state index is 12.5. The minimum absolute atomic E-state index is 0.245. The van der Waals surface area contributed by atoms with Gasteiger partial charge in [0.05, 0.1) is 7.11 Å². The molecule has 0 radical (unpaired) electrons. The van der Waals surface area contributed by atoms with E-state index in [2.05, 4.69) is 9.73 Å². The molecule has 136 valence electrons. The van der Waals surface area contributed by atoms with E-state index in [4.69, 9.17) is 0 Å². The maximum absolute atomic E-state index is 12.5. The van der Waals surface area contributed by atoms with E-state index in [-0.39, 0.29) is 4.80 Å². The summed E-state index contributed by atoms with van der Waals surface area (Å²) < 4.78 is 5.93. The van der Waals surface area contributed by atoms with Gasteiger partial charge in [-0.1, -0.05) is 42.5 Å². The van der Waals surface area contributed by atoms with E-state index in [9.17, 15) is 14.4 Å². The summed E-state index contributed by atoms with van der Waals surface area (Å²) in [6.07, 6.45) is 1.97. The lowest BCUT2D eigenvalue weighted by molar-refractivity contribution is -0.146. The summed E-state index contributed by atoms with van der Waals surface area (Å²) in [5, 5.41) is 1.64. The standard InChI is InChI=1S/C20H16N2O4S/c1-26-19(25)17(13-23)22-11-12-27-20(22)21-18(24)16-9-7-15(8-10-16)14-5-3-2-4-6-14/h2-13,17H,1H3. The van der Waals surface area contributed by atoms with Gasteiger partial charge in [-0.15, -0.1) is 11.3 Å². The first-order chi connectivity index (χ1) is 13.1. The van der Waals surface area contributed by atoms with Gasteiger partial charge in [0.25, 0.3) is 5.91 Å². The Kier molecular flexibility index (Phi) is 5.73. The molecule has 3 aromatic rings. The monoisotopic (exact) mass is 380 g/mol. The highest BCUT2D eigenvalue weighted by molar-refractivity contribution is 7.07. The number of carbonyl (C=O) groups is 3. The molecule has 0 aliphatic carbocycles. The number of nitrogens with zero attached hydrogens (tertiary/aromatic N) is 2. The number of esters is 1. The molecule has 0 saturated carbocycles. The highest BCUT2D eigenvalue weighted by atomic mass is 32.1. The lowest BCUT2D eigenvalue weighted by atomic mass is 10.0. The molecule has 27 heavy (non-hydrogen) atoms. The molecule has 0 saturated heterocycles. The Morgan fingerprint density at radius 1 is 1.07 bits per heavy atom. The molecule has 1 aromatic heterocycles. The van der Waals surface area contributed by atoms with E-state index in [0.717, 1.165) is 22.5 Å². The second-order valence-corrected chi connectivity index (χ2v) is 6.43. The average Bonchev–Trinajstić information content (AvgIpc) is 3.17.